The van der Waals surface area contributed by atoms with E-state index in [0.29, 0.717) is 24.5 Å². The number of carbonyl (C=O) groups excluding carboxylic acids is 1. The summed E-state index contributed by atoms with van der Waals surface area (Å²) in [7, 11) is -3.56. The molecule has 2 fully saturated rings. The molecule has 2 atom stereocenters. The molecular formula is C16H23N3O3S. The van der Waals surface area contributed by atoms with Crippen LogP contribution in [-0.2, 0) is 21.4 Å². The molecule has 126 valence electrons. The lowest BCUT2D eigenvalue weighted by molar-refractivity contribution is -0.128. The zero-order valence-corrected chi connectivity index (χ0v) is 14.6. The van der Waals surface area contributed by atoms with Gasteiger partial charge in [-0.1, -0.05) is 13.8 Å². The van der Waals surface area contributed by atoms with E-state index in [0.717, 1.165) is 12.1 Å². The number of fused-ring (bicyclic) bond motifs is 2. The van der Waals surface area contributed by atoms with E-state index in [1.165, 1.54) is 6.33 Å². The van der Waals surface area contributed by atoms with Crippen LogP contribution in [0.25, 0.3) is 0 Å². The van der Waals surface area contributed by atoms with E-state index in [4.69, 9.17) is 0 Å². The van der Waals surface area contributed by atoms with Crippen molar-refractivity contribution in [2.75, 3.05) is 5.75 Å². The number of nitrogens with one attached hydrogen (secondary N) is 1. The molecular weight excluding hydrogens is 314 g/mol. The maximum absolute atomic E-state index is 12.6. The summed E-state index contributed by atoms with van der Waals surface area (Å²) in [6, 6.07) is 1.75. The number of ketones is 1. The average Bonchev–Trinajstić information content (AvgIpc) is 2.79. The average molecular weight is 337 g/mol. The van der Waals surface area contributed by atoms with E-state index in [1.807, 2.05) is 20.8 Å². The molecule has 0 spiro atoms. The summed E-state index contributed by atoms with van der Waals surface area (Å²) in [5.41, 5.74) is 0.438. The molecule has 1 aromatic rings. The van der Waals surface area contributed by atoms with Crippen LogP contribution in [0, 0.1) is 23.7 Å². The molecule has 23 heavy (non-hydrogen) atoms. The van der Waals surface area contributed by atoms with Crippen LogP contribution in [0.4, 0.5) is 0 Å². The van der Waals surface area contributed by atoms with Crippen LogP contribution in [0.5, 0.6) is 0 Å². The molecule has 0 radical (unpaired) electrons. The first kappa shape index (κ1) is 16.5. The van der Waals surface area contributed by atoms with Gasteiger partial charge >= 0.3 is 0 Å². The molecule has 1 aromatic heterocycles. The highest BCUT2D eigenvalue weighted by molar-refractivity contribution is 7.89. The first-order valence-electron chi connectivity index (χ1n) is 7.94. The van der Waals surface area contributed by atoms with Crippen LogP contribution in [0.3, 0.4) is 0 Å². The third-order valence-corrected chi connectivity index (χ3v) is 7.37. The van der Waals surface area contributed by atoms with Gasteiger partial charge in [0.1, 0.15) is 12.1 Å². The Labute approximate surface area is 137 Å². The Balaban J connectivity index is 1.75. The van der Waals surface area contributed by atoms with Crippen molar-refractivity contribution < 1.29 is 13.2 Å². The topological polar surface area (TPSA) is 89.0 Å². The highest BCUT2D eigenvalue weighted by Crippen LogP contribution is 2.64. The molecule has 2 bridgehead atoms. The maximum Gasteiger partial charge on any atom is 0.212 e. The fraction of sp³-hybridized carbons (Fsp3) is 0.688. The number of aromatic nitrogens is 2. The highest BCUT2D eigenvalue weighted by Gasteiger charge is 2.65. The van der Waals surface area contributed by atoms with Crippen LogP contribution in [-0.4, -0.2) is 29.9 Å². The quantitative estimate of drug-likeness (QED) is 0.881. The van der Waals surface area contributed by atoms with Crippen molar-refractivity contribution >= 4 is 15.8 Å². The first-order chi connectivity index (χ1) is 10.7. The molecule has 2 aliphatic carbocycles. The van der Waals surface area contributed by atoms with Gasteiger partial charge in [0.15, 0.2) is 0 Å². The van der Waals surface area contributed by atoms with Gasteiger partial charge in [0.2, 0.25) is 10.0 Å². The molecule has 0 aliphatic heterocycles. The second-order valence-corrected chi connectivity index (χ2v) is 9.20. The largest absolute Gasteiger partial charge is 0.299 e. The predicted octanol–water partition coefficient (Wildman–Crippen LogP) is 1.60. The van der Waals surface area contributed by atoms with Gasteiger partial charge in [-0.2, -0.15) is 0 Å². The fourth-order valence-electron chi connectivity index (χ4n) is 4.27. The summed E-state index contributed by atoms with van der Waals surface area (Å²) >= 11 is 0. The van der Waals surface area contributed by atoms with E-state index >= 15 is 0 Å². The number of carbonyl (C=O) groups is 1. The maximum atomic E-state index is 12.6. The van der Waals surface area contributed by atoms with Crippen molar-refractivity contribution in [3.05, 3.63) is 23.8 Å². The van der Waals surface area contributed by atoms with Crippen molar-refractivity contribution in [3.8, 4) is 0 Å². The molecule has 1 N–H and O–H groups in total. The van der Waals surface area contributed by atoms with E-state index in [2.05, 4.69) is 14.7 Å². The van der Waals surface area contributed by atoms with Gasteiger partial charge in [-0.05, 0) is 37.2 Å². The smallest absolute Gasteiger partial charge is 0.212 e. The second kappa shape index (κ2) is 5.34. The van der Waals surface area contributed by atoms with Crippen LogP contribution in [0.15, 0.2) is 12.4 Å². The van der Waals surface area contributed by atoms with Crippen molar-refractivity contribution in [2.45, 2.75) is 46.6 Å². The lowest BCUT2D eigenvalue weighted by Crippen LogP contribution is -2.45. The zero-order chi connectivity index (χ0) is 16.9. The Kier molecular flexibility index (Phi) is 3.84. The Bertz CT molecular complexity index is 745. The summed E-state index contributed by atoms with van der Waals surface area (Å²) < 4.78 is 27.7. The second-order valence-electron chi connectivity index (χ2n) is 7.40. The molecule has 1 heterocycles. The third kappa shape index (κ3) is 2.70. The minimum absolute atomic E-state index is 0.113. The molecule has 3 rings (SSSR count). The monoisotopic (exact) mass is 337 g/mol. The number of hydrogen-bond acceptors (Lipinski definition) is 5. The molecule has 7 heteroatoms. The number of rotatable bonds is 5. The summed E-state index contributed by atoms with van der Waals surface area (Å²) in [6.45, 7) is 6.04. The Morgan fingerprint density at radius 3 is 2.65 bits per heavy atom. The minimum Gasteiger partial charge on any atom is -0.299 e. The summed E-state index contributed by atoms with van der Waals surface area (Å²) in [5.74, 6) is 0.309. The number of aryl methyl sites for hydroxylation is 1. The van der Waals surface area contributed by atoms with Gasteiger partial charge < -0.3 is 0 Å². The van der Waals surface area contributed by atoms with Crippen LogP contribution in [0.1, 0.15) is 44.5 Å². The van der Waals surface area contributed by atoms with Crippen LogP contribution >= 0.6 is 0 Å². The molecule has 2 aliphatic rings. The Hall–Kier alpha value is -1.34. The van der Waals surface area contributed by atoms with Crippen molar-refractivity contribution in [1.82, 2.24) is 14.7 Å². The van der Waals surface area contributed by atoms with Gasteiger partial charge in [-0.25, -0.2) is 23.1 Å². The van der Waals surface area contributed by atoms with E-state index in [9.17, 15) is 13.2 Å². The van der Waals surface area contributed by atoms with Crippen LogP contribution in [0.2, 0.25) is 0 Å². The molecule has 2 saturated carbocycles. The molecule has 0 saturated heterocycles. The third-order valence-electron chi connectivity index (χ3n) is 5.91. The molecule has 0 aromatic carbocycles. The lowest BCUT2D eigenvalue weighted by Gasteiger charge is -2.36. The summed E-state index contributed by atoms with van der Waals surface area (Å²) in [6.07, 6.45) is 3.56. The normalized spacial score (nSPS) is 29.2. The van der Waals surface area contributed by atoms with Gasteiger partial charge in [-0.3, -0.25) is 4.79 Å². The standard InChI is InChI=1S/C16H23N3O3S/c1-11-6-13(18-10-17-11)8-19-23(21,22)9-16-5-4-12(7-14(16)20)15(16,2)3/h6,10,12,19H,4-5,7-9H2,1-3H3. The number of Topliss-reactive ketones (excluding diaryl/α,β-unsaturated/α-hetero) is 1. The molecule has 0 amide bonds. The summed E-state index contributed by atoms with van der Waals surface area (Å²) in [4.78, 5) is 20.5. The predicted molar refractivity (Wildman–Crippen MR) is 86.0 cm³/mol. The van der Waals surface area contributed by atoms with E-state index in [-0.39, 0.29) is 23.5 Å². The van der Waals surface area contributed by atoms with Gasteiger partial charge in [0, 0.05) is 17.5 Å². The Morgan fingerprint density at radius 2 is 2.09 bits per heavy atom. The highest BCUT2D eigenvalue weighted by atomic mass is 32.2. The minimum atomic E-state index is -3.56. The first-order valence-corrected chi connectivity index (χ1v) is 9.60. The van der Waals surface area contributed by atoms with Crippen molar-refractivity contribution in [3.63, 3.8) is 0 Å². The number of sulfonamides is 1. The fourth-order valence-corrected chi connectivity index (χ4v) is 6.07. The van der Waals surface area contributed by atoms with Gasteiger partial charge in [0.05, 0.1) is 18.0 Å². The molecule has 6 nitrogen and oxygen atoms in total. The van der Waals surface area contributed by atoms with Gasteiger partial charge in [-0.15, -0.1) is 0 Å². The van der Waals surface area contributed by atoms with Gasteiger partial charge in [0.25, 0.3) is 0 Å². The van der Waals surface area contributed by atoms with E-state index < -0.39 is 15.4 Å². The van der Waals surface area contributed by atoms with Crippen molar-refractivity contribution in [2.24, 2.45) is 16.7 Å². The molecule has 2 unspecified atom stereocenters. The van der Waals surface area contributed by atoms with Crippen LogP contribution < -0.4 is 4.72 Å². The summed E-state index contributed by atoms with van der Waals surface area (Å²) in [5, 5.41) is 0. The zero-order valence-electron chi connectivity index (χ0n) is 13.8. The Morgan fingerprint density at radius 1 is 1.35 bits per heavy atom. The number of hydrogen-bond donors (Lipinski definition) is 1. The van der Waals surface area contributed by atoms with E-state index in [1.54, 1.807) is 6.07 Å². The number of nitrogens with zero attached hydrogens (tertiary/aromatic N) is 2. The SMILES string of the molecule is Cc1cc(CNS(=O)(=O)CC23CCC(CC2=O)C3(C)C)ncn1. The van der Waals surface area contributed by atoms with Crippen molar-refractivity contribution in [1.29, 1.82) is 0 Å². The lowest BCUT2D eigenvalue weighted by atomic mass is 9.70.